The standard InChI is InChI=1S/C24H23ClN2O4/c1-15-10-21(11-16(2)23(15)25)31-14-19-12-17(4-9-22(19)30-3)13-26-27-24(29)18-5-7-20(28)8-6-18/h4-13,28H,14H2,1-3H3,(H,27,29)/b26-13+. The molecule has 160 valence electrons. The third-order valence-electron chi connectivity index (χ3n) is 4.62. The molecule has 0 heterocycles. The molecule has 0 bridgehead atoms. The molecule has 31 heavy (non-hydrogen) atoms. The van der Waals surface area contributed by atoms with Crippen LogP contribution in [0.4, 0.5) is 0 Å². The Kier molecular flexibility index (Phi) is 7.15. The Morgan fingerprint density at radius 1 is 1.10 bits per heavy atom. The van der Waals surface area contributed by atoms with Gasteiger partial charge in [-0.05, 0) is 85.1 Å². The molecule has 2 N–H and O–H groups in total. The number of methoxy groups -OCH3 is 1. The lowest BCUT2D eigenvalue weighted by Crippen LogP contribution is -2.17. The highest BCUT2D eigenvalue weighted by atomic mass is 35.5. The number of carbonyl (C=O) groups excluding carboxylic acids is 1. The number of hydrazone groups is 1. The van der Waals surface area contributed by atoms with Gasteiger partial charge in [-0.3, -0.25) is 4.79 Å². The average molecular weight is 439 g/mol. The van der Waals surface area contributed by atoms with Crippen molar-refractivity contribution in [3.05, 3.63) is 87.4 Å². The zero-order chi connectivity index (χ0) is 22.4. The molecule has 0 radical (unpaired) electrons. The fraction of sp³-hybridized carbons (Fsp3) is 0.167. The van der Waals surface area contributed by atoms with E-state index in [1.54, 1.807) is 7.11 Å². The van der Waals surface area contributed by atoms with E-state index in [1.807, 2.05) is 44.2 Å². The Balaban J connectivity index is 1.69. The van der Waals surface area contributed by atoms with E-state index >= 15 is 0 Å². The summed E-state index contributed by atoms with van der Waals surface area (Å²) in [5.41, 5.74) is 6.37. The third-order valence-corrected chi connectivity index (χ3v) is 5.21. The SMILES string of the molecule is COc1ccc(/C=N/NC(=O)c2ccc(O)cc2)cc1COc1cc(C)c(Cl)c(C)c1. The first-order valence-electron chi connectivity index (χ1n) is 9.56. The summed E-state index contributed by atoms with van der Waals surface area (Å²) in [6.45, 7) is 4.17. The van der Waals surface area contributed by atoms with Gasteiger partial charge in [-0.1, -0.05) is 11.6 Å². The predicted octanol–water partition coefficient (Wildman–Crippen LogP) is 5.01. The fourth-order valence-electron chi connectivity index (χ4n) is 2.98. The first kappa shape index (κ1) is 22.2. The third kappa shape index (κ3) is 5.77. The number of ether oxygens (including phenoxy) is 2. The summed E-state index contributed by atoms with van der Waals surface area (Å²) in [6.07, 6.45) is 1.54. The van der Waals surface area contributed by atoms with Crippen molar-refractivity contribution in [3.63, 3.8) is 0 Å². The Bertz CT molecular complexity index is 1090. The maximum absolute atomic E-state index is 12.1. The Hall–Kier alpha value is -3.51. The normalized spacial score (nSPS) is 10.8. The van der Waals surface area contributed by atoms with Crippen LogP contribution in [0.25, 0.3) is 0 Å². The number of rotatable bonds is 7. The number of nitrogens with one attached hydrogen (secondary N) is 1. The molecule has 0 atom stereocenters. The first-order valence-corrected chi connectivity index (χ1v) is 9.94. The van der Waals surface area contributed by atoms with Gasteiger partial charge in [0.15, 0.2) is 0 Å². The Labute approximate surface area is 186 Å². The number of hydrogen-bond acceptors (Lipinski definition) is 5. The highest BCUT2D eigenvalue weighted by Gasteiger charge is 2.08. The quantitative estimate of drug-likeness (QED) is 0.401. The number of aryl methyl sites for hydroxylation is 2. The molecule has 0 spiro atoms. The van der Waals surface area contributed by atoms with Crippen molar-refractivity contribution in [2.45, 2.75) is 20.5 Å². The summed E-state index contributed by atoms with van der Waals surface area (Å²) >= 11 is 6.22. The molecule has 3 aromatic carbocycles. The Morgan fingerprint density at radius 3 is 2.42 bits per heavy atom. The summed E-state index contributed by atoms with van der Waals surface area (Å²) < 4.78 is 11.4. The van der Waals surface area contributed by atoms with Crippen LogP contribution < -0.4 is 14.9 Å². The molecule has 0 fully saturated rings. The van der Waals surface area contributed by atoms with Crippen molar-refractivity contribution in [1.82, 2.24) is 5.43 Å². The van der Waals surface area contributed by atoms with Gasteiger partial charge in [-0.25, -0.2) is 5.43 Å². The number of aromatic hydroxyl groups is 1. The molecule has 1 amide bonds. The van der Waals surface area contributed by atoms with E-state index in [4.69, 9.17) is 21.1 Å². The van der Waals surface area contributed by atoms with Crippen LogP contribution >= 0.6 is 11.6 Å². The number of carbonyl (C=O) groups is 1. The molecule has 0 aliphatic carbocycles. The molecule has 3 aromatic rings. The summed E-state index contributed by atoms with van der Waals surface area (Å²) in [5, 5.41) is 14.0. The smallest absolute Gasteiger partial charge is 0.271 e. The van der Waals surface area contributed by atoms with E-state index in [0.29, 0.717) is 17.9 Å². The van der Waals surface area contributed by atoms with Crippen LogP contribution in [0, 0.1) is 13.8 Å². The van der Waals surface area contributed by atoms with E-state index in [2.05, 4.69) is 10.5 Å². The van der Waals surface area contributed by atoms with Crippen LogP contribution in [0.3, 0.4) is 0 Å². The molecule has 0 aliphatic rings. The second-order valence-corrected chi connectivity index (χ2v) is 7.35. The van der Waals surface area contributed by atoms with Crippen LogP contribution in [0.1, 0.15) is 32.6 Å². The van der Waals surface area contributed by atoms with Crippen molar-refractivity contribution in [2.24, 2.45) is 5.10 Å². The molecule has 0 unspecified atom stereocenters. The molecular weight excluding hydrogens is 416 g/mol. The van der Waals surface area contributed by atoms with Gasteiger partial charge in [-0.15, -0.1) is 0 Å². The molecule has 3 rings (SSSR count). The van der Waals surface area contributed by atoms with E-state index in [1.165, 1.54) is 30.5 Å². The zero-order valence-corrected chi connectivity index (χ0v) is 18.2. The summed E-state index contributed by atoms with van der Waals surface area (Å²) in [5.74, 6) is 1.13. The summed E-state index contributed by atoms with van der Waals surface area (Å²) in [6, 6.07) is 15.2. The molecule has 0 saturated carbocycles. The van der Waals surface area contributed by atoms with Gasteiger partial charge in [0.1, 0.15) is 23.9 Å². The second-order valence-electron chi connectivity index (χ2n) is 6.98. The number of amides is 1. The largest absolute Gasteiger partial charge is 0.508 e. The van der Waals surface area contributed by atoms with Crippen molar-refractivity contribution in [2.75, 3.05) is 7.11 Å². The van der Waals surface area contributed by atoms with Crippen LogP contribution in [-0.4, -0.2) is 24.3 Å². The van der Waals surface area contributed by atoms with Crippen molar-refractivity contribution < 1.29 is 19.4 Å². The van der Waals surface area contributed by atoms with E-state index in [-0.39, 0.29) is 11.7 Å². The highest BCUT2D eigenvalue weighted by molar-refractivity contribution is 6.32. The van der Waals surface area contributed by atoms with Gasteiger partial charge in [0.2, 0.25) is 0 Å². The van der Waals surface area contributed by atoms with E-state index < -0.39 is 0 Å². The molecule has 6 nitrogen and oxygen atoms in total. The first-order chi connectivity index (χ1) is 14.9. The van der Waals surface area contributed by atoms with Gasteiger partial charge in [0.05, 0.1) is 13.3 Å². The average Bonchev–Trinajstić information content (AvgIpc) is 2.76. The van der Waals surface area contributed by atoms with Crippen molar-refractivity contribution in [1.29, 1.82) is 0 Å². The van der Waals surface area contributed by atoms with Crippen molar-refractivity contribution >= 4 is 23.7 Å². The topological polar surface area (TPSA) is 80.2 Å². The molecule has 0 aliphatic heterocycles. The number of nitrogens with zero attached hydrogens (tertiary/aromatic N) is 1. The highest BCUT2D eigenvalue weighted by Crippen LogP contribution is 2.27. The lowest BCUT2D eigenvalue weighted by Gasteiger charge is -2.13. The minimum Gasteiger partial charge on any atom is -0.508 e. The summed E-state index contributed by atoms with van der Waals surface area (Å²) in [7, 11) is 1.60. The lowest BCUT2D eigenvalue weighted by atomic mass is 10.1. The fourth-order valence-corrected chi connectivity index (χ4v) is 3.09. The maximum Gasteiger partial charge on any atom is 0.271 e. The number of halogens is 1. The predicted molar refractivity (Wildman–Crippen MR) is 121 cm³/mol. The lowest BCUT2D eigenvalue weighted by molar-refractivity contribution is 0.0955. The van der Waals surface area contributed by atoms with E-state index in [0.717, 1.165) is 33.0 Å². The zero-order valence-electron chi connectivity index (χ0n) is 17.5. The van der Waals surface area contributed by atoms with Crippen LogP contribution in [0.2, 0.25) is 5.02 Å². The second kappa shape index (κ2) is 10.00. The number of benzene rings is 3. The minimum atomic E-state index is -0.373. The van der Waals surface area contributed by atoms with Gasteiger partial charge in [0, 0.05) is 16.1 Å². The number of hydrogen-bond donors (Lipinski definition) is 2. The van der Waals surface area contributed by atoms with Gasteiger partial charge in [-0.2, -0.15) is 5.10 Å². The summed E-state index contributed by atoms with van der Waals surface area (Å²) in [4.78, 5) is 12.1. The monoisotopic (exact) mass is 438 g/mol. The van der Waals surface area contributed by atoms with Gasteiger partial charge < -0.3 is 14.6 Å². The molecule has 0 saturated heterocycles. The van der Waals surface area contributed by atoms with Crippen LogP contribution in [0.5, 0.6) is 17.2 Å². The number of phenolic OH excluding ortho intramolecular Hbond substituents is 1. The Morgan fingerprint density at radius 2 is 1.77 bits per heavy atom. The van der Waals surface area contributed by atoms with E-state index in [9.17, 15) is 9.90 Å². The number of phenols is 1. The molecular formula is C24H23ClN2O4. The minimum absolute atomic E-state index is 0.0944. The van der Waals surface area contributed by atoms with Gasteiger partial charge in [0.25, 0.3) is 5.91 Å². The molecule has 0 aromatic heterocycles. The van der Waals surface area contributed by atoms with Crippen molar-refractivity contribution in [3.8, 4) is 17.2 Å². The maximum atomic E-state index is 12.1. The van der Waals surface area contributed by atoms with Gasteiger partial charge >= 0.3 is 0 Å². The van der Waals surface area contributed by atoms with Crippen LogP contribution in [0.15, 0.2) is 59.7 Å². The van der Waals surface area contributed by atoms with Crippen LogP contribution in [-0.2, 0) is 6.61 Å². The molecule has 7 heteroatoms.